The number of nitrogens with two attached hydrogens (primary N) is 1. The molecule has 16 heavy (non-hydrogen) atoms. The molecule has 0 bridgehead atoms. The highest BCUT2D eigenvalue weighted by atomic mass is 79.9. The second-order valence-corrected chi connectivity index (χ2v) is 4.44. The molecule has 1 atom stereocenters. The van der Waals surface area contributed by atoms with Crippen molar-refractivity contribution in [1.29, 1.82) is 5.26 Å². The third kappa shape index (κ3) is 3.84. The van der Waals surface area contributed by atoms with Gasteiger partial charge in [-0.15, -0.1) is 0 Å². The number of hydrogen-bond acceptors (Lipinski definition) is 3. The van der Waals surface area contributed by atoms with E-state index in [1.54, 1.807) is 0 Å². The third-order valence-corrected chi connectivity index (χ3v) is 2.93. The lowest BCUT2D eigenvalue weighted by molar-refractivity contribution is 0.365. The lowest BCUT2D eigenvalue weighted by atomic mass is 10.0. The van der Waals surface area contributed by atoms with Gasteiger partial charge in [-0.2, -0.15) is 5.26 Å². The van der Waals surface area contributed by atoms with Gasteiger partial charge in [-0.1, -0.05) is 13.0 Å². The molecule has 3 nitrogen and oxygen atoms in total. The molecule has 0 saturated carbocycles. The van der Waals surface area contributed by atoms with Crippen LogP contribution in [0.3, 0.4) is 0 Å². The predicted molar refractivity (Wildman–Crippen MR) is 67.2 cm³/mol. The molecule has 0 aromatic heterocycles. The van der Waals surface area contributed by atoms with Crippen LogP contribution in [0, 0.1) is 11.3 Å². The zero-order valence-corrected chi connectivity index (χ0v) is 10.8. The van der Waals surface area contributed by atoms with Gasteiger partial charge in [0.2, 0.25) is 0 Å². The Labute approximate surface area is 104 Å². The van der Waals surface area contributed by atoms with Crippen molar-refractivity contribution in [2.45, 2.75) is 25.8 Å². The fourth-order valence-electron chi connectivity index (χ4n) is 1.35. The van der Waals surface area contributed by atoms with Crippen LogP contribution >= 0.6 is 15.9 Å². The van der Waals surface area contributed by atoms with Gasteiger partial charge in [0.15, 0.2) is 6.61 Å². The van der Waals surface area contributed by atoms with Gasteiger partial charge in [-0.05, 0) is 46.5 Å². The number of hydrogen-bond donors (Lipinski definition) is 1. The Hall–Kier alpha value is -1.05. The molecule has 0 saturated heterocycles. The van der Waals surface area contributed by atoms with Crippen molar-refractivity contribution in [2.24, 2.45) is 5.73 Å². The molecule has 2 N–H and O–H groups in total. The molecular formula is C12H15BrN2O. The molecule has 1 aromatic rings. The second-order valence-electron chi connectivity index (χ2n) is 3.58. The Morgan fingerprint density at radius 3 is 2.88 bits per heavy atom. The maximum atomic E-state index is 8.42. The first-order valence-corrected chi connectivity index (χ1v) is 6.00. The van der Waals surface area contributed by atoms with E-state index in [1.807, 2.05) is 24.3 Å². The minimum absolute atomic E-state index is 0.0619. The summed E-state index contributed by atoms with van der Waals surface area (Å²) in [4.78, 5) is 0. The van der Waals surface area contributed by atoms with E-state index in [1.165, 1.54) is 5.56 Å². The predicted octanol–water partition coefficient (Wildman–Crippen LogP) is 2.63. The lowest BCUT2D eigenvalue weighted by Crippen LogP contribution is -2.21. The fraction of sp³-hybridized carbons (Fsp3) is 0.417. The summed E-state index contributed by atoms with van der Waals surface area (Å²) in [6, 6.07) is 7.96. The van der Waals surface area contributed by atoms with E-state index in [0.717, 1.165) is 17.3 Å². The number of nitriles is 1. The Morgan fingerprint density at radius 1 is 1.56 bits per heavy atom. The molecule has 0 fully saturated rings. The van der Waals surface area contributed by atoms with E-state index in [4.69, 9.17) is 15.7 Å². The van der Waals surface area contributed by atoms with Gasteiger partial charge in [0.25, 0.3) is 0 Å². The van der Waals surface area contributed by atoms with Crippen molar-refractivity contribution in [3.63, 3.8) is 0 Å². The lowest BCUT2D eigenvalue weighted by Gasteiger charge is -2.10. The van der Waals surface area contributed by atoms with Crippen molar-refractivity contribution < 1.29 is 4.74 Å². The zero-order chi connectivity index (χ0) is 12.0. The van der Waals surface area contributed by atoms with Crippen LogP contribution in [-0.2, 0) is 6.42 Å². The minimum atomic E-state index is 0.0619. The van der Waals surface area contributed by atoms with Crippen molar-refractivity contribution >= 4 is 15.9 Å². The molecule has 0 radical (unpaired) electrons. The van der Waals surface area contributed by atoms with Crippen LogP contribution in [-0.4, -0.2) is 12.6 Å². The largest absolute Gasteiger partial charge is 0.478 e. The molecule has 4 heteroatoms. The molecule has 0 aliphatic rings. The SMILES string of the molecule is CCC(N)Cc1ccc(OCC#N)c(Br)c1. The number of ether oxygens (including phenoxy) is 1. The summed E-state index contributed by atoms with van der Waals surface area (Å²) in [6.45, 7) is 2.14. The smallest absolute Gasteiger partial charge is 0.174 e. The van der Waals surface area contributed by atoms with Crippen LogP contribution in [0.1, 0.15) is 18.9 Å². The standard InChI is InChI=1S/C12H15BrN2O/c1-2-10(15)7-9-3-4-12(11(13)8-9)16-6-5-14/h3-4,8,10H,2,6-7,15H2,1H3. The highest BCUT2D eigenvalue weighted by Crippen LogP contribution is 2.26. The van der Waals surface area contributed by atoms with Crippen LogP contribution < -0.4 is 10.5 Å². The second kappa shape index (κ2) is 6.51. The summed E-state index contributed by atoms with van der Waals surface area (Å²) < 4.78 is 6.10. The van der Waals surface area contributed by atoms with Crippen molar-refractivity contribution in [3.05, 3.63) is 28.2 Å². The minimum Gasteiger partial charge on any atom is -0.478 e. The maximum Gasteiger partial charge on any atom is 0.174 e. The molecule has 0 spiro atoms. The molecule has 0 aliphatic heterocycles. The van der Waals surface area contributed by atoms with Gasteiger partial charge in [0.05, 0.1) is 4.47 Å². The fourth-order valence-corrected chi connectivity index (χ4v) is 1.89. The van der Waals surface area contributed by atoms with Crippen molar-refractivity contribution in [2.75, 3.05) is 6.61 Å². The van der Waals surface area contributed by atoms with Gasteiger partial charge in [-0.3, -0.25) is 0 Å². The summed E-state index contributed by atoms with van der Waals surface area (Å²) in [6.07, 6.45) is 1.82. The van der Waals surface area contributed by atoms with Crippen LogP contribution in [0.25, 0.3) is 0 Å². The van der Waals surface area contributed by atoms with Gasteiger partial charge >= 0.3 is 0 Å². The summed E-state index contributed by atoms with van der Waals surface area (Å²) in [5.41, 5.74) is 7.06. The molecule has 86 valence electrons. The molecule has 1 rings (SSSR count). The summed E-state index contributed by atoms with van der Waals surface area (Å²) >= 11 is 3.41. The Balaban J connectivity index is 2.71. The van der Waals surface area contributed by atoms with Crippen molar-refractivity contribution in [1.82, 2.24) is 0 Å². The first-order valence-electron chi connectivity index (χ1n) is 5.21. The van der Waals surface area contributed by atoms with E-state index in [0.29, 0.717) is 5.75 Å². The van der Waals surface area contributed by atoms with Gasteiger partial charge in [-0.25, -0.2) is 0 Å². The average molecular weight is 283 g/mol. The molecule has 0 heterocycles. The average Bonchev–Trinajstić information content (AvgIpc) is 2.28. The van der Waals surface area contributed by atoms with Crippen LogP contribution in [0.5, 0.6) is 5.75 Å². The van der Waals surface area contributed by atoms with E-state index in [-0.39, 0.29) is 12.6 Å². The highest BCUT2D eigenvalue weighted by Gasteiger charge is 2.05. The van der Waals surface area contributed by atoms with Crippen LogP contribution in [0.4, 0.5) is 0 Å². The monoisotopic (exact) mass is 282 g/mol. The topological polar surface area (TPSA) is 59.0 Å². The zero-order valence-electron chi connectivity index (χ0n) is 9.24. The molecule has 0 amide bonds. The summed E-state index contributed by atoms with van der Waals surface area (Å²) in [7, 11) is 0. The molecule has 0 aliphatic carbocycles. The van der Waals surface area contributed by atoms with Crippen LogP contribution in [0.15, 0.2) is 22.7 Å². The van der Waals surface area contributed by atoms with E-state index in [2.05, 4.69) is 22.9 Å². The van der Waals surface area contributed by atoms with E-state index in [9.17, 15) is 0 Å². The first kappa shape index (κ1) is 13.0. The Bertz CT molecular complexity index is 387. The normalized spacial score (nSPS) is 11.9. The number of nitrogens with zero attached hydrogens (tertiary/aromatic N) is 1. The summed E-state index contributed by atoms with van der Waals surface area (Å²) in [5, 5.41) is 8.42. The summed E-state index contributed by atoms with van der Waals surface area (Å²) in [5.74, 6) is 0.690. The first-order chi connectivity index (χ1) is 7.67. The molecule has 1 unspecified atom stereocenters. The van der Waals surface area contributed by atoms with E-state index < -0.39 is 0 Å². The van der Waals surface area contributed by atoms with Crippen LogP contribution in [0.2, 0.25) is 0 Å². The van der Waals surface area contributed by atoms with Crippen molar-refractivity contribution in [3.8, 4) is 11.8 Å². The Morgan fingerprint density at radius 2 is 2.31 bits per heavy atom. The third-order valence-electron chi connectivity index (χ3n) is 2.31. The van der Waals surface area contributed by atoms with Gasteiger partial charge in [0.1, 0.15) is 11.8 Å². The quantitative estimate of drug-likeness (QED) is 0.903. The molecular weight excluding hydrogens is 268 g/mol. The molecule has 1 aromatic carbocycles. The Kier molecular flexibility index (Phi) is 5.30. The number of rotatable bonds is 5. The van der Waals surface area contributed by atoms with Gasteiger partial charge < -0.3 is 10.5 Å². The van der Waals surface area contributed by atoms with E-state index >= 15 is 0 Å². The number of halogens is 1. The maximum absolute atomic E-state index is 8.42. The van der Waals surface area contributed by atoms with Gasteiger partial charge in [0, 0.05) is 6.04 Å². The highest BCUT2D eigenvalue weighted by molar-refractivity contribution is 9.10. The number of benzene rings is 1.